The van der Waals surface area contributed by atoms with Gasteiger partial charge in [-0.25, -0.2) is 0 Å². The van der Waals surface area contributed by atoms with Gasteiger partial charge in [0.25, 0.3) is 0 Å². The molecule has 0 N–H and O–H groups in total. The van der Waals surface area contributed by atoms with E-state index in [2.05, 4.69) is 197 Å². The normalized spacial score (nSPS) is 15.5. The summed E-state index contributed by atoms with van der Waals surface area (Å²) in [6.45, 7) is 9.44. The summed E-state index contributed by atoms with van der Waals surface area (Å²) in [6, 6.07) is 55.5. The van der Waals surface area contributed by atoms with Gasteiger partial charge in [0.2, 0.25) is 0 Å². The Labute approximate surface area is 329 Å². The Balaban J connectivity index is 0.945. The third-order valence-electron chi connectivity index (χ3n) is 14.0. The van der Waals surface area contributed by atoms with Crippen LogP contribution in [0.3, 0.4) is 0 Å². The van der Waals surface area contributed by atoms with E-state index < -0.39 is 0 Å². The highest BCUT2D eigenvalue weighted by Gasteiger charge is 2.37. The third-order valence-corrected chi connectivity index (χ3v) is 14.0. The second kappa shape index (κ2) is 10.7. The first-order valence-electron chi connectivity index (χ1n) is 20.0. The van der Waals surface area contributed by atoms with E-state index >= 15 is 0 Å². The predicted octanol–water partition coefficient (Wildman–Crippen LogP) is 14.3. The van der Waals surface area contributed by atoms with E-state index in [0.717, 1.165) is 0 Å². The maximum atomic E-state index is 2.43. The van der Waals surface area contributed by atoms with Crippen LogP contribution in [-0.4, -0.2) is 14.1 Å². The lowest BCUT2D eigenvalue weighted by Crippen LogP contribution is -2.19. The molecule has 0 saturated heterocycles. The molecule has 2 aliphatic heterocycles. The topological polar surface area (TPSA) is 6.48 Å². The molecule has 0 fully saturated rings. The lowest BCUT2D eigenvalue weighted by molar-refractivity contribution is 0.660. The van der Waals surface area contributed by atoms with E-state index in [4.69, 9.17) is 0 Å². The Morgan fingerprint density at radius 3 is 1.07 bits per heavy atom. The molecule has 2 heteroatoms. The van der Waals surface area contributed by atoms with Crippen molar-refractivity contribution in [3.05, 3.63) is 168 Å². The molecular formula is C54H42N2. The second-order valence-corrected chi connectivity index (χ2v) is 17.5. The summed E-state index contributed by atoms with van der Waals surface area (Å²) in [5.74, 6) is 0. The van der Waals surface area contributed by atoms with Gasteiger partial charge in [0.05, 0.1) is 0 Å². The summed E-state index contributed by atoms with van der Waals surface area (Å²) in [7, 11) is 4.47. The first-order valence-corrected chi connectivity index (χ1v) is 20.0. The molecule has 2 nitrogen and oxygen atoms in total. The van der Waals surface area contributed by atoms with Crippen molar-refractivity contribution in [3.63, 3.8) is 0 Å². The monoisotopic (exact) mass is 718 g/mol. The van der Waals surface area contributed by atoms with Gasteiger partial charge in [-0.05, 0) is 114 Å². The van der Waals surface area contributed by atoms with Gasteiger partial charge < -0.3 is 9.80 Å². The van der Waals surface area contributed by atoms with Gasteiger partial charge in [-0.2, -0.15) is 0 Å². The lowest BCUT2D eigenvalue weighted by atomic mass is 9.81. The van der Waals surface area contributed by atoms with Crippen molar-refractivity contribution >= 4 is 33.5 Å². The van der Waals surface area contributed by atoms with Gasteiger partial charge in [0.15, 0.2) is 0 Å². The first kappa shape index (κ1) is 31.9. The van der Waals surface area contributed by atoms with E-state index in [1.165, 1.54) is 123 Å². The Kier molecular flexibility index (Phi) is 6.09. The Hall–Kier alpha value is -6.38. The minimum absolute atomic E-state index is 0.0265. The van der Waals surface area contributed by atoms with Crippen LogP contribution >= 0.6 is 0 Å². The average molecular weight is 719 g/mol. The maximum Gasteiger partial charge on any atom is 0.0496 e. The zero-order valence-corrected chi connectivity index (χ0v) is 32.8. The van der Waals surface area contributed by atoms with Crippen LogP contribution in [-0.2, 0) is 10.8 Å². The first-order chi connectivity index (χ1) is 27.1. The minimum atomic E-state index is -0.0265. The molecule has 8 aromatic rings. The highest BCUT2D eigenvalue weighted by Crippen LogP contribution is 2.57. The quantitative estimate of drug-likeness (QED) is 0.176. The van der Waals surface area contributed by atoms with Crippen LogP contribution in [0.2, 0.25) is 0 Å². The Bertz CT molecular complexity index is 2860. The summed E-state index contributed by atoms with van der Waals surface area (Å²) in [5, 5.41) is 2.67. The molecule has 2 aliphatic carbocycles. The van der Waals surface area contributed by atoms with Gasteiger partial charge >= 0.3 is 0 Å². The van der Waals surface area contributed by atoms with Crippen molar-refractivity contribution in [1.29, 1.82) is 0 Å². The average Bonchev–Trinajstić information content (AvgIpc) is 3.60. The molecule has 0 atom stereocenters. The molecule has 0 radical (unpaired) electrons. The fourth-order valence-electron chi connectivity index (χ4n) is 10.9. The van der Waals surface area contributed by atoms with Crippen molar-refractivity contribution in [2.45, 2.75) is 38.5 Å². The van der Waals surface area contributed by atoms with Gasteiger partial charge in [0, 0.05) is 69.6 Å². The smallest absolute Gasteiger partial charge is 0.0496 e. The molecule has 56 heavy (non-hydrogen) atoms. The number of nitrogens with zero attached hydrogens (tertiary/aromatic N) is 2. The van der Waals surface area contributed by atoms with E-state index in [1.807, 2.05) is 0 Å². The van der Waals surface area contributed by atoms with Crippen molar-refractivity contribution in [3.8, 4) is 66.8 Å². The molecule has 0 aromatic heterocycles. The van der Waals surface area contributed by atoms with E-state index in [9.17, 15) is 0 Å². The highest BCUT2D eigenvalue weighted by molar-refractivity contribution is 6.23. The fraction of sp³-hybridized carbons (Fsp3) is 0.148. The summed E-state index contributed by atoms with van der Waals surface area (Å²) in [6.07, 6.45) is 0. The molecule has 0 spiro atoms. The summed E-state index contributed by atoms with van der Waals surface area (Å²) >= 11 is 0. The molecule has 0 bridgehead atoms. The molecule has 12 rings (SSSR count). The number of benzene rings is 8. The van der Waals surface area contributed by atoms with Crippen LogP contribution in [0, 0.1) is 0 Å². The van der Waals surface area contributed by atoms with Gasteiger partial charge in [-0.1, -0.05) is 137 Å². The largest absolute Gasteiger partial charge is 0.344 e. The minimum Gasteiger partial charge on any atom is -0.344 e. The standard InChI is InChI=1S/C54H42N2/c1-53(2)43-13-9-7-11-35(43)37-19-15-31(27-45(37)53)33-17-21-39-41-23-24-42-40-22-18-34(32-16-20-38-36-12-8-10-14-44(36)54(3,4)46(38)28-32)30-50(40)56(6)48-26-25-47(51(41)52(42)48)55(5)49(39)29-33/h7-30H,1-6H3. The van der Waals surface area contributed by atoms with Crippen molar-refractivity contribution in [1.82, 2.24) is 0 Å². The van der Waals surface area contributed by atoms with Crippen molar-refractivity contribution in [2.24, 2.45) is 0 Å². The van der Waals surface area contributed by atoms with Crippen LogP contribution in [0.1, 0.15) is 49.9 Å². The zero-order chi connectivity index (χ0) is 37.8. The number of hydrogen-bond donors (Lipinski definition) is 0. The van der Waals surface area contributed by atoms with E-state index in [1.54, 1.807) is 0 Å². The Morgan fingerprint density at radius 1 is 0.304 bits per heavy atom. The predicted molar refractivity (Wildman–Crippen MR) is 237 cm³/mol. The van der Waals surface area contributed by atoms with Crippen LogP contribution in [0.15, 0.2) is 146 Å². The third kappa shape index (κ3) is 3.96. The number of rotatable bonds is 2. The molecule has 2 heterocycles. The molecular weight excluding hydrogens is 677 g/mol. The molecule has 0 saturated carbocycles. The van der Waals surface area contributed by atoms with Crippen LogP contribution < -0.4 is 9.80 Å². The summed E-state index contributed by atoms with van der Waals surface area (Å²) in [4.78, 5) is 4.82. The molecule has 0 amide bonds. The number of hydrogen-bond acceptors (Lipinski definition) is 2. The van der Waals surface area contributed by atoms with Crippen LogP contribution in [0.4, 0.5) is 22.7 Å². The number of anilines is 4. The highest BCUT2D eigenvalue weighted by atomic mass is 15.1. The SMILES string of the molecule is CN1c2cc(-c3ccc4c(c3)C(C)(C)c3ccccc3-4)ccc2-c2ccc3c4c(ccc1c24)N(C)c1cc(-c2ccc4c(c2)C(C)(C)c2ccccc2-4)ccc1-3. The Morgan fingerprint density at radius 2 is 0.643 bits per heavy atom. The molecule has 4 aliphatic rings. The van der Waals surface area contributed by atoms with Crippen molar-refractivity contribution in [2.75, 3.05) is 23.9 Å². The van der Waals surface area contributed by atoms with E-state index in [0.29, 0.717) is 0 Å². The fourth-order valence-corrected chi connectivity index (χ4v) is 10.9. The summed E-state index contributed by atoms with van der Waals surface area (Å²) < 4.78 is 0. The lowest BCUT2D eigenvalue weighted by Gasteiger charge is -2.36. The second-order valence-electron chi connectivity index (χ2n) is 17.5. The summed E-state index contributed by atoms with van der Waals surface area (Å²) in [5.41, 5.74) is 26.3. The van der Waals surface area contributed by atoms with Crippen LogP contribution in [0.25, 0.3) is 77.5 Å². The number of fused-ring (bicyclic) bond motifs is 10. The van der Waals surface area contributed by atoms with Crippen molar-refractivity contribution < 1.29 is 0 Å². The molecule has 8 aromatic carbocycles. The van der Waals surface area contributed by atoms with Crippen LogP contribution in [0.5, 0.6) is 0 Å². The zero-order valence-electron chi connectivity index (χ0n) is 32.8. The molecule has 268 valence electrons. The van der Waals surface area contributed by atoms with E-state index in [-0.39, 0.29) is 10.8 Å². The maximum absolute atomic E-state index is 2.43. The van der Waals surface area contributed by atoms with Gasteiger partial charge in [0.1, 0.15) is 0 Å². The van der Waals surface area contributed by atoms with Gasteiger partial charge in [-0.3, -0.25) is 0 Å². The molecule has 0 unspecified atom stereocenters. The van der Waals surface area contributed by atoms with Gasteiger partial charge in [-0.15, -0.1) is 0 Å².